The number of fused-ring (bicyclic) bond motifs is 1. The van der Waals surface area contributed by atoms with Crippen LogP contribution in [0.15, 0.2) is 36.4 Å². The van der Waals surface area contributed by atoms with Crippen LogP contribution < -0.4 is 15.8 Å². The van der Waals surface area contributed by atoms with Crippen molar-refractivity contribution in [2.45, 2.75) is 32.4 Å². The molecule has 1 aliphatic heterocycles. The van der Waals surface area contributed by atoms with Gasteiger partial charge in [-0.2, -0.15) is 0 Å². The van der Waals surface area contributed by atoms with Gasteiger partial charge in [0.15, 0.2) is 0 Å². The first-order chi connectivity index (χ1) is 11.7. The maximum absolute atomic E-state index is 13.9. The van der Waals surface area contributed by atoms with E-state index in [0.29, 0.717) is 12.1 Å². The molecule has 4 nitrogen and oxygen atoms in total. The summed E-state index contributed by atoms with van der Waals surface area (Å²) in [5, 5.41) is 2.76. The Morgan fingerprint density at radius 2 is 2.04 bits per heavy atom. The number of nitrogens with one attached hydrogen (secondary N) is 1. The van der Waals surface area contributed by atoms with Gasteiger partial charge < -0.3 is 15.8 Å². The quantitative estimate of drug-likeness (QED) is 0.886. The fourth-order valence-corrected chi connectivity index (χ4v) is 2.83. The smallest absolute Gasteiger partial charge is 0.224 e. The molecular formula is C19H21FN2O2. The summed E-state index contributed by atoms with van der Waals surface area (Å²) >= 11 is 0. The number of halogens is 1. The molecule has 0 atom stereocenters. The number of benzene rings is 2. The summed E-state index contributed by atoms with van der Waals surface area (Å²) in [5.74, 6) is 0.436. The van der Waals surface area contributed by atoms with Gasteiger partial charge >= 0.3 is 0 Å². The Hall–Kier alpha value is -2.40. The molecule has 0 fully saturated rings. The van der Waals surface area contributed by atoms with Crippen LogP contribution in [-0.4, -0.2) is 12.5 Å². The van der Waals surface area contributed by atoms with Crippen molar-refractivity contribution in [3.63, 3.8) is 0 Å². The van der Waals surface area contributed by atoms with Gasteiger partial charge in [0, 0.05) is 18.7 Å². The van der Waals surface area contributed by atoms with Crippen molar-refractivity contribution in [3.05, 3.63) is 64.5 Å². The van der Waals surface area contributed by atoms with Gasteiger partial charge in [-0.05, 0) is 41.7 Å². The molecule has 0 spiro atoms. The van der Waals surface area contributed by atoms with E-state index < -0.39 is 0 Å². The van der Waals surface area contributed by atoms with Crippen molar-refractivity contribution in [1.29, 1.82) is 0 Å². The highest BCUT2D eigenvalue weighted by Crippen LogP contribution is 2.25. The van der Waals surface area contributed by atoms with Gasteiger partial charge in [0.25, 0.3) is 0 Å². The van der Waals surface area contributed by atoms with E-state index in [9.17, 15) is 9.18 Å². The third kappa shape index (κ3) is 3.92. The molecule has 1 amide bonds. The molecule has 0 saturated carbocycles. The van der Waals surface area contributed by atoms with Gasteiger partial charge in [0.1, 0.15) is 11.6 Å². The second-order valence-electron chi connectivity index (χ2n) is 5.98. The van der Waals surface area contributed by atoms with Gasteiger partial charge in [-0.1, -0.05) is 24.3 Å². The van der Waals surface area contributed by atoms with E-state index in [1.54, 1.807) is 12.1 Å². The zero-order chi connectivity index (χ0) is 16.9. The van der Waals surface area contributed by atoms with Crippen LogP contribution >= 0.6 is 0 Å². The van der Waals surface area contributed by atoms with Crippen LogP contribution in [0.3, 0.4) is 0 Å². The zero-order valence-electron chi connectivity index (χ0n) is 13.5. The lowest BCUT2D eigenvalue weighted by Gasteiger charge is -2.17. The van der Waals surface area contributed by atoms with Gasteiger partial charge in [0.05, 0.1) is 13.0 Å². The topological polar surface area (TPSA) is 64.3 Å². The molecular weight excluding hydrogens is 307 g/mol. The molecule has 24 heavy (non-hydrogen) atoms. The van der Waals surface area contributed by atoms with Crippen molar-refractivity contribution in [2.75, 3.05) is 6.61 Å². The van der Waals surface area contributed by atoms with Crippen LogP contribution in [0.5, 0.6) is 5.75 Å². The first kappa shape index (κ1) is 16.5. The second-order valence-corrected chi connectivity index (χ2v) is 5.98. The molecule has 0 saturated heterocycles. The Labute approximate surface area is 140 Å². The maximum Gasteiger partial charge on any atom is 0.224 e. The molecule has 1 heterocycles. The van der Waals surface area contributed by atoms with Crippen LogP contribution in [0.2, 0.25) is 0 Å². The summed E-state index contributed by atoms with van der Waals surface area (Å²) in [6, 6.07) is 10.7. The Bertz CT molecular complexity index is 746. The first-order valence-corrected chi connectivity index (χ1v) is 8.14. The van der Waals surface area contributed by atoms with Crippen molar-refractivity contribution in [1.82, 2.24) is 5.32 Å². The molecule has 3 N–H and O–H groups in total. The molecule has 2 aromatic rings. The van der Waals surface area contributed by atoms with Gasteiger partial charge in [0.2, 0.25) is 5.91 Å². The molecule has 126 valence electrons. The third-order valence-electron chi connectivity index (χ3n) is 4.17. The predicted octanol–water partition coefficient (Wildman–Crippen LogP) is 2.47. The van der Waals surface area contributed by atoms with Crippen LogP contribution in [0.4, 0.5) is 4.39 Å². The van der Waals surface area contributed by atoms with Crippen molar-refractivity contribution in [2.24, 2.45) is 5.73 Å². The number of hydrogen-bond donors (Lipinski definition) is 2. The van der Waals surface area contributed by atoms with Crippen molar-refractivity contribution >= 4 is 5.91 Å². The summed E-state index contributed by atoms with van der Waals surface area (Å²) in [4.78, 5) is 12.1. The summed E-state index contributed by atoms with van der Waals surface area (Å²) in [5.41, 5.74) is 8.76. The Morgan fingerprint density at radius 1 is 1.21 bits per heavy atom. The third-order valence-corrected chi connectivity index (χ3v) is 4.17. The number of rotatable bonds is 5. The fraction of sp³-hybridized carbons (Fsp3) is 0.316. The highest BCUT2D eigenvalue weighted by Gasteiger charge is 2.12. The minimum absolute atomic E-state index is 0.131. The molecule has 0 unspecified atom stereocenters. The summed E-state index contributed by atoms with van der Waals surface area (Å²) in [7, 11) is 0. The number of carbonyl (C=O) groups is 1. The molecule has 2 aromatic carbocycles. The second kappa shape index (κ2) is 7.45. The first-order valence-electron chi connectivity index (χ1n) is 8.14. The lowest BCUT2D eigenvalue weighted by molar-refractivity contribution is -0.120. The average Bonchev–Trinajstić information content (AvgIpc) is 2.60. The van der Waals surface area contributed by atoms with Gasteiger partial charge in [-0.15, -0.1) is 0 Å². The average molecular weight is 328 g/mol. The molecule has 1 aliphatic rings. The summed E-state index contributed by atoms with van der Waals surface area (Å²) in [6.45, 7) is 1.22. The molecule has 0 aliphatic carbocycles. The fourth-order valence-electron chi connectivity index (χ4n) is 2.83. The van der Waals surface area contributed by atoms with Gasteiger partial charge in [-0.3, -0.25) is 4.79 Å². The summed E-state index contributed by atoms with van der Waals surface area (Å²) < 4.78 is 19.5. The van der Waals surface area contributed by atoms with E-state index in [-0.39, 0.29) is 24.7 Å². The number of ether oxygens (including phenoxy) is 1. The van der Waals surface area contributed by atoms with Crippen molar-refractivity contribution in [3.8, 4) is 5.75 Å². The van der Waals surface area contributed by atoms with E-state index >= 15 is 0 Å². The normalized spacial score (nSPS) is 13.1. The van der Waals surface area contributed by atoms with E-state index in [2.05, 4.69) is 5.32 Å². The molecule has 0 bridgehead atoms. The molecule has 3 rings (SSSR count). The van der Waals surface area contributed by atoms with Crippen molar-refractivity contribution < 1.29 is 13.9 Å². The zero-order valence-corrected chi connectivity index (χ0v) is 13.5. The SMILES string of the molecule is NCc1ccc(CNC(=O)Cc2ccc3c(c2)CCCO3)c(F)c1. The van der Waals surface area contributed by atoms with Gasteiger partial charge in [-0.25, -0.2) is 4.39 Å². The van der Waals surface area contributed by atoms with Crippen LogP contribution in [0.1, 0.15) is 28.7 Å². The van der Waals surface area contributed by atoms with E-state index in [4.69, 9.17) is 10.5 Å². The van der Waals surface area contributed by atoms with E-state index in [1.165, 1.54) is 6.07 Å². The highest BCUT2D eigenvalue weighted by atomic mass is 19.1. The lowest BCUT2D eigenvalue weighted by atomic mass is 10.0. The largest absolute Gasteiger partial charge is 0.493 e. The van der Waals surface area contributed by atoms with E-state index in [1.807, 2.05) is 18.2 Å². The molecule has 0 radical (unpaired) electrons. The number of hydrogen-bond acceptors (Lipinski definition) is 3. The number of carbonyl (C=O) groups excluding carboxylic acids is 1. The minimum Gasteiger partial charge on any atom is -0.493 e. The van der Waals surface area contributed by atoms with E-state index in [0.717, 1.165) is 41.9 Å². The lowest BCUT2D eigenvalue weighted by Crippen LogP contribution is -2.25. The Kier molecular flexibility index (Phi) is 5.11. The van der Waals surface area contributed by atoms with Crippen LogP contribution in [0.25, 0.3) is 0 Å². The highest BCUT2D eigenvalue weighted by molar-refractivity contribution is 5.78. The van der Waals surface area contributed by atoms with Crippen LogP contribution in [-0.2, 0) is 30.7 Å². The van der Waals surface area contributed by atoms with Crippen LogP contribution in [0, 0.1) is 5.82 Å². The minimum atomic E-state index is -0.343. The number of aryl methyl sites for hydroxylation is 1. The number of amides is 1. The molecule has 0 aromatic heterocycles. The summed E-state index contributed by atoms with van der Waals surface area (Å²) in [6.07, 6.45) is 2.25. The predicted molar refractivity (Wildman–Crippen MR) is 90.1 cm³/mol. The monoisotopic (exact) mass is 328 g/mol. The molecule has 5 heteroatoms. The maximum atomic E-state index is 13.9. The number of nitrogens with two attached hydrogens (primary N) is 1. The Morgan fingerprint density at radius 3 is 2.83 bits per heavy atom. The standard InChI is InChI=1S/C19H21FN2O2/c20-17-9-14(11-21)3-5-16(17)12-22-19(23)10-13-4-6-18-15(8-13)2-1-7-24-18/h3-6,8-9H,1-2,7,10-12,21H2,(H,22,23). The Balaban J connectivity index is 1.58.